The van der Waals surface area contributed by atoms with E-state index in [2.05, 4.69) is 31.1 Å². The minimum atomic E-state index is 0. The van der Waals surface area contributed by atoms with E-state index in [1.807, 2.05) is 0 Å². The predicted octanol–water partition coefficient (Wildman–Crippen LogP) is 2.89. The van der Waals surface area contributed by atoms with Gasteiger partial charge < -0.3 is 11.1 Å². The van der Waals surface area contributed by atoms with Gasteiger partial charge in [0.25, 0.3) is 0 Å². The fraction of sp³-hybridized carbons (Fsp3) is 0.917. The molecule has 3 N–H and O–H groups in total. The molecule has 1 aliphatic carbocycles. The van der Waals surface area contributed by atoms with Crippen LogP contribution < -0.4 is 11.1 Å². The van der Waals surface area contributed by atoms with Crippen molar-refractivity contribution in [3.63, 3.8) is 0 Å². The summed E-state index contributed by atoms with van der Waals surface area (Å²) in [5, 5.41) is 3.20. The smallest absolute Gasteiger partial charge is 0.188 e. The molecule has 0 aromatic heterocycles. The molecule has 0 saturated heterocycles. The first-order chi connectivity index (χ1) is 7.12. The van der Waals surface area contributed by atoms with Crippen LogP contribution in [0.2, 0.25) is 0 Å². The van der Waals surface area contributed by atoms with Crippen molar-refractivity contribution in [2.24, 2.45) is 16.1 Å². The highest BCUT2D eigenvalue weighted by Gasteiger charge is 2.34. The molecule has 0 spiro atoms. The molecule has 0 amide bonds. The molecule has 16 heavy (non-hydrogen) atoms. The van der Waals surface area contributed by atoms with Crippen molar-refractivity contribution in [3.8, 4) is 0 Å². The highest BCUT2D eigenvalue weighted by Crippen LogP contribution is 2.43. The number of hydrogen-bond donors (Lipinski definition) is 2. The molecule has 96 valence electrons. The van der Waals surface area contributed by atoms with Crippen LogP contribution in [0, 0.1) is 5.41 Å². The Labute approximate surface area is 117 Å². The molecule has 0 aliphatic heterocycles. The molecule has 1 rings (SSSR count). The molecule has 0 radical (unpaired) electrons. The molecule has 0 heterocycles. The van der Waals surface area contributed by atoms with E-state index in [0.29, 0.717) is 17.4 Å². The van der Waals surface area contributed by atoms with E-state index in [9.17, 15) is 0 Å². The van der Waals surface area contributed by atoms with Gasteiger partial charge in [0, 0.05) is 12.6 Å². The minimum absolute atomic E-state index is 0. The monoisotopic (exact) mass is 339 g/mol. The lowest BCUT2D eigenvalue weighted by Gasteiger charge is -2.40. The summed E-state index contributed by atoms with van der Waals surface area (Å²) in [6.07, 6.45) is 6.32. The number of aliphatic imine (C=N–C) groups is 1. The van der Waals surface area contributed by atoms with Crippen LogP contribution >= 0.6 is 24.0 Å². The van der Waals surface area contributed by atoms with Crippen molar-refractivity contribution in [1.29, 1.82) is 0 Å². The molecule has 1 aliphatic rings. The van der Waals surface area contributed by atoms with Gasteiger partial charge in [-0.3, -0.25) is 4.99 Å². The highest BCUT2D eigenvalue weighted by molar-refractivity contribution is 14.0. The van der Waals surface area contributed by atoms with E-state index in [0.717, 1.165) is 13.0 Å². The number of guanidine groups is 1. The van der Waals surface area contributed by atoms with Gasteiger partial charge in [-0.15, -0.1) is 24.0 Å². The van der Waals surface area contributed by atoms with Gasteiger partial charge >= 0.3 is 0 Å². The summed E-state index contributed by atoms with van der Waals surface area (Å²) in [6.45, 7) is 7.43. The van der Waals surface area contributed by atoms with E-state index in [-0.39, 0.29) is 24.0 Å². The van der Waals surface area contributed by atoms with Crippen molar-refractivity contribution in [3.05, 3.63) is 0 Å². The summed E-state index contributed by atoms with van der Waals surface area (Å²) in [5.74, 6) is 0.615. The molecular formula is C12H26IN3. The van der Waals surface area contributed by atoms with Crippen LogP contribution in [0.3, 0.4) is 0 Å². The van der Waals surface area contributed by atoms with E-state index in [4.69, 9.17) is 5.73 Å². The van der Waals surface area contributed by atoms with Crippen molar-refractivity contribution >= 4 is 29.9 Å². The molecule has 1 fully saturated rings. The van der Waals surface area contributed by atoms with E-state index < -0.39 is 0 Å². The zero-order valence-corrected chi connectivity index (χ0v) is 13.1. The summed E-state index contributed by atoms with van der Waals surface area (Å²) >= 11 is 0. The Bertz CT molecular complexity index is 219. The molecule has 4 heteroatoms. The Kier molecular flexibility index (Phi) is 7.35. The van der Waals surface area contributed by atoms with Crippen molar-refractivity contribution in [2.45, 2.75) is 58.9 Å². The molecule has 1 atom stereocenters. The topological polar surface area (TPSA) is 50.4 Å². The standard InChI is InChI=1S/C12H25N3.HI/c1-4-10(3)15-11(13)14-9-12(5-2)7-6-8-12;/h10H,4-9H2,1-3H3,(H3,13,14,15);1H. The maximum atomic E-state index is 5.83. The fourth-order valence-electron chi connectivity index (χ4n) is 1.95. The van der Waals surface area contributed by atoms with Crippen LogP contribution in [-0.2, 0) is 0 Å². The zero-order chi connectivity index (χ0) is 11.3. The van der Waals surface area contributed by atoms with E-state index in [1.54, 1.807) is 0 Å². The molecule has 0 aromatic carbocycles. The summed E-state index contributed by atoms with van der Waals surface area (Å²) in [4.78, 5) is 4.46. The van der Waals surface area contributed by atoms with Crippen LogP contribution in [0.25, 0.3) is 0 Å². The SMILES string of the molecule is CCC(C)NC(N)=NCC1(CC)CCC1.I. The number of nitrogens with one attached hydrogen (secondary N) is 1. The van der Waals surface area contributed by atoms with E-state index in [1.165, 1.54) is 25.7 Å². The molecular weight excluding hydrogens is 313 g/mol. The third-order valence-corrected chi connectivity index (χ3v) is 3.76. The molecule has 3 nitrogen and oxygen atoms in total. The van der Waals surface area contributed by atoms with Gasteiger partial charge in [0.05, 0.1) is 0 Å². The molecule has 0 bridgehead atoms. The fourth-order valence-corrected chi connectivity index (χ4v) is 1.95. The van der Waals surface area contributed by atoms with Gasteiger partial charge in [-0.1, -0.05) is 20.3 Å². The van der Waals surface area contributed by atoms with Crippen LogP contribution in [0.5, 0.6) is 0 Å². The van der Waals surface area contributed by atoms with Crippen LogP contribution in [0.15, 0.2) is 4.99 Å². The predicted molar refractivity (Wildman–Crippen MR) is 81.4 cm³/mol. The third-order valence-electron chi connectivity index (χ3n) is 3.76. The highest BCUT2D eigenvalue weighted by atomic mass is 127. The van der Waals surface area contributed by atoms with E-state index >= 15 is 0 Å². The normalized spacial score (nSPS) is 20.6. The number of rotatable bonds is 5. The van der Waals surface area contributed by atoms with Crippen LogP contribution in [-0.4, -0.2) is 18.5 Å². The Morgan fingerprint density at radius 2 is 2.06 bits per heavy atom. The van der Waals surface area contributed by atoms with Crippen LogP contribution in [0.4, 0.5) is 0 Å². The Hall–Kier alpha value is 0. The quantitative estimate of drug-likeness (QED) is 0.460. The summed E-state index contributed by atoms with van der Waals surface area (Å²) in [7, 11) is 0. The van der Waals surface area contributed by atoms with Gasteiger partial charge in [-0.25, -0.2) is 0 Å². The molecule has 1 saturated carbocycles. The van der Waals surface area contributed by atoms with Gasteiger partial charge in [-0.05, 0) is 38.0 Å². The lowest BCUT2D eigenvalue weighted by molar-refractivity contribution is 0.139. The average Bonchev–Trinajstić information content (AvgIpc) is 2.16. The second-order valence-corrected chi connectivity index (χ2v) is 4.86. The van der Waals surface area contributed by atoms with Gasteiger partial charge in [-0.2, -0.15) is 0 Å². The van der Waals surface area contributed by atoms with Crippen molar-refractivity contribution in [1.82, 2.24) is 5.32 Å². The second kappa shape index (κ2) is 7.35. The number of hydrogen-bond acceptors (Lipinski definition) is 1. The zero-order valence-electron chi connectivity index (χ0n) is 10.8. The average molecular weight is 339 g/mol. The van der Waals surface area contributed by atoms with Gasteiger partial charge in [0.2, 0.25) is 0 Å². The number of halogens is 1. The molecule has 1 unspecified atom stereocenters. The van der Waals surface area contributed by atoms with Gasteiger partial charge in [0.15, 0.2) is 5.96 Å². The van der Waals surface area contributed by atoms with Crippen molar-refractivity contribution < 1.29 is 0 Å². The Morgan fingerprint density at radius 3 is 2.44 bits per heavy atom. The van der Waals surface area contributed by atoms with Crippen molar-refractivity contribution in [2.75, 3.05) is 6.54 Å². The van der Waals surface area contributed by atoms with Crippen LogP contribution in [0.1, 0.15) is 52.9 Å². The minimum Gasteiger partial charge on any atom is -0.370 e. The number of nitrogens with zero attached hydrogens (tertiary/aromatic N) is 1. The largest absolute Gasteiger partial charge is 0.370 e. The summed E-state index contributed by atoms with van der Waals surface area (Å²) in [5.41, 5.74) is 6.30. The lowest BCUT2D eigenvalue weighted by Crippen LogP contribution is -2.40. The maximum Gasteiger partial charge on any atom is 0.188 e. The summed E-state index contributed by atoms with van der Waals surface area (Å²) in [6, 6.07) is 0.424. The molecule has 0 aromatic rings. The number of nitrogens with two attached hydrogens (primary N) is 1. The lowest BCUT2D eigenvalue weighted by atomic mass is 9.67. The first kappa shape index (κ1) is 16.0. The third kappa shape index (κ3) is 4.47. The first-order valence-electron chi connectivity index (χ1n) is 6.18. The second-order valence-electron chi connectivity index (χ2n) is 4.86. The Balaban J connectivity index is 0.00000225. The Morgan fingerprint density at radius 1 is 1.44 bits per heavy atom. The first-order valence-corrected chi connectivity index (χ1v) is 6.18. The summed E-state index contributed by atoms with van der Waals surface area (Å²) < 4.78 is 0. The maximum absolute atomic E-state index is 5.83. The van der Waals surface area contributed by atoms with Gasteiger partial charge in [0.1, 0.15) is 0 Å².